The summed E-state index contributed by atoms with van der Waals surface area (Å²) in [7, 11) is 0. The van der Waals surface area contributed by atoms with Crippen molar-refractivity contribution in [3.63, 3.8) is 0 Å². The number of benzene rings is 2. The van der Waals surface area contributed by atoms with Gasteiger partial charge in [0.1, 0.15) is 11.3 Å². The van der Waals surface area contributed by atoms with Crippen LogP contribution in [0.25, 0.3) is 22.6 Å². The quantitative estimate of drug-likeness (QED) is 0.457. The van der Waals surface area contributed by atoms with Crippen molar-refractivity contribution in [2.45, 2.75) is 19.2 Å². The summed E-state index contributed by atoms with van der Waals surface area (Å²) in [5.41, 5.74) is 2.39. The molecule has 4 aromatic rings. The molecule has 1 N–H and O–H groups in total. The third-order valence-corrected chi connectivity index (χ3v) is 4.73. The van der Waals surface area contributed by atoms with E-state index < -0.39 is 6.36 Å². The number of hydrogen-bond donors (Lipinski definition) is 1. The zero-order valence-electron chi connectivity index (χ0n) is 14.1. The Bertz CT molecular complexity index is 1110. The van der Waals surface area contributed by atoms with Crippen LogP contribution in [-0.2, 0) is 12.8 Å². The topological polar surface area (TPSA) is 76.8 Å². The largest absolute Gasteiger partial charge is 0.573 e. The Labute approximate surface area is 164 Å². The molecule has 4 rings (SSSR count). The Morgan fingerprint density at radius 1 is 1.04 bits per heavy atom. The number of aryl methyl sites for hydroxylation is 2. The number of alkyl halides is 3. The minimum absolute atomic E-state index is 0.250. The lowest BCUT2D eigenvalue weighted by Crippen LogP contribution is -2.17. The molecular weight excluding hydrogens is 441 g/mol. The molecule has 2 aromatic carbocycles. The van der Waals surface area contributed by atoms with Gasteiger partial charge < -0.3 is 9.15 Å². The van der Waals surface area contributed by atoms with Gasteiger partial charge in [0, 0.05) is 5.39 Å². The van der Waals surface area contributed by atoms with E-state index in [1.807, 2.05) is 24.3 Å². The van der Waals surface area contributed by atoms with E-state index in [0.717, 1.165) is 16.5 Å². The van der Waals surface area contributed by atoms with Crippen molar-refractivity contribution < 1.29 is 22.3 Å². The SMILES string of the molecule is FC(F)(F)Oc1cc(CCc2ccc3cc(-c4nn[nH]n4)oc3c2)ccc1Br. The van der Waals surface area contributed by atoms with Gasteiger partial charge in [-0.05, 0) is 69.4 Å². The highest BCUT2D eigenvalue weighted by molar-refractivity contribution is 9.10. The third kappa shape index (κ3) is 4.16. The lowest BCUT2D eigenvalue weighted by molar-refractivity contribution is -0.274. The number of H-pyrrole nitrogens is 1. The molecule has 6 nitrogen and oxygen atoms in total. The number of halogens is 4. The Balaban J connectivity index is 1.50. The highest BCUT2D eigenvalue weighted by Crippen LogP contribution is 2.32. The van der Waals surface area contributed by atoms with E-state index in [1.54, 1.807) is 12.1 Å². The van der Waals surface area contributed by atoms with E-state index in [0.29, 0.717) is 30.0 Å². The first-order valence-electron chi connectivity index (χ1n) is 8.18. The first-order valence-corrected chi connectivity index (χ1v) is 8.97. The van der Waals surface area contributed by atoms with Crippen LogP contribution in [0.5, 0.6) is 5.75 Å². The summed E-state index contributed by atoms with van der Waals surface area (Å²) in [6, 6.07) is 12.3. The summed E-state index contributed by atoms with van der Waals surface area (Å²) in [6.07, 6.45) is -3.56. The normalized spacial score (nSPS) is 11.9. The average Bonchev–Trinajstić information content (AvgIpc) is 3.30. The van der Waals surface area contributed by atoms with Crippen LogP contribution in [0.2, 0.25) is 0 Å². The van der Waals surface area contributed by atoms with Crippen LogP contribution in [0.15, 0.2) is 51.4 Å². The number of ether oxygens (including phenoxy) is 1. The fraction of sp³-hybridized carbons (Fsp3) is 0.167. The number of rotatable bonds is 5. The lowest BCUT2D eigenvalue weighted by atomic mass is 10.0. The van der Waals surface area contributed by atoms with Crippen LogP contribution < -0.4 is 4.74 Å². The summed E-state index contributed by atoms with van der Waals surface area (Å²) in [6.45, 7) is 0. The second-order valence-corrected chi connectivity index (χ2v) is 6.89. The Hall–Kier alpha value is -2.88. The summed E-state index contributed by atoms with van der Waals surface area (Å²) >= 11 is 3.07. The predicted octanol–water partition coefficient (Wildman–Crippen LogP) is 5.06. The van der Waals surface area contributed by atoms with Crippen molar-refractivity contribution >= 4 is 26.9 Å². The fourth-order valence-electron chi connectivity index (χ4n) is 2.80. The van der Waals surface area contributed by atoms with Crippen molar-refractivity contribution in [1.29, 1.82) is 0 Å². The second kappa shape index (κ2) is 7.27. The van der Waals surface area contributed by atoms with Crippen molar-refractivity contribution in [3.8, 4) is 17.3 Å². The van der Waals surface area contributed by atoms with Crippen LogP contribution in [0.1, 0.15) is 11.1 Å². The van der Waals surface area contributed by atoms with E-state index in [9.17, 15) is 13.2 Å². The standard InChI is InChI=1S/C18H12BrF3N4O2/c19-13-6-4-11(8-15(13)28-18(20,21)22)2-1-10-3-5-12-9-16(27-14(12)7-10)17-23-25-26-24-17/h3-9H,1-2H2,(H,23,24,25,26). The molecule has 0 aliphatic carbocycles. The summed E-state index contributed by atoms with van der Waals surface area (Å²) in [4.78, 5) is 0. The van der Waals surface area contributed by atoms with Gasteiger partial charge in [-0.1, -0.05) is 18.2 Å². The van der Waals surface area contributed by atoms with Gasteiger partial charge in [-0.25, -0.2) is 0 Å². The van der Waals surface area contributed by atoms with Crippen molar-refractivity contribution in [3.05, 3.63) is 58.1 Å². The molecule has 0 atom stereocenters. The highest BCUT2D eigenvalue weighted by Gasteiger charge is 2.32. The number of tetrazole rings is 1. The van der Waals surface area contributed by atoms with Gasteiger partial charge in [-0.15, -0.1) is 23.4 Å². The molecule has 2 heterocycles. The second-order valence-electron chi connectivity index (χ2n) is 6.03. The monoisotopic (exact) mass is 452 g/mol. The van der Waals surface area contributed by atoms with E-state index in [-0.39, 0.29) is 10.2 Å². The minimum Gasteiger partial charge on any atom is -0.453 e. The number of furan rings is 1. The molecule has 0 bridgehead atoms. The van der Waals surface area contributed by atoms with Crippen molar-refractivity contribution in [2.75, 3.05) is 0 Å². The maximum atomic E-state index is 12.5. The lowest BCUT2D eigenvalue weighted by Gasteiger charge is -2.12. The van der Waals surface area contributed by atoms with Gasteiger partial charge >= 0.3 is 6.36 Å². The zero-order chi connectivity index (χ0) is 19.7. The van der Waals surface area contributed by atoms with Gasteiger partial charge in [0.05, 0.1) is 4.47 Å². The molecule has 0 aliphatic heterocycles. The third-order valence-electron chi connectivity index (χ3n) is 4.07. The molecule has 28 heavy (non-hydrogen) atoms. The molecule has 2 aromatic heterocycles. The maximum Gasteiger partial charge on any atom is 0.573 e. The van der Waals surface area contributed by atoms with Gasteiger partial charge in [0.15, 0.2) is 5.76 Å². The average molecular weight is 453 g/mol. The number of nitrogens with zero attached hydrogens (tertiary/aromatic N) is 3. The number of hydrogen-bond acceptors (Lipinski definition) is 5. The molecule has 0 unspecified atom stereocenters. The Kier molecular flexibility index (Phi) is 4.80. The molecule has 0 aliphatic rings. The number of aromatic nitrogens is 4. The molecule has 0 radical (unpaired) electrons. The molecule has 0 fully saturated rings. The van der Waals surface area contributed by atoms with Gasteiger partial charge in [-0.2, -0.15) is 5.21 Å². The van der Waals surface area contributed by atoms with Crippen LogP contribution in [-0.4, -0.2) is 27.0 Å². The molecule has 0 spiro atoms. The molecule has 0 saturated carbocycles. The molecule has 10 heteroatoms. The van der Waals surface area contributed by atoms with E-state index >= 15 is 0 Å². The van der Waals surface area contributed by atoms with Gasteiger partial charge in [0.2, 0.25) is 5.82 Å². The predicted molar refractivity (Wildman–Crippen MR) is 97.6 cm³/mol. The maximum absolute atomic E-state index is 12.5. The summed E-state index contributed by atoms with van der Waals surface area (Å²) in [5, 5.41) is 14.5. The molecular formula is C18H12BrF3N4O2. The minimum atomic E-state index is -4.73. The van der Waals surface area contributed by atoms with Crippen LogP contribution in [0, 0.1) is 0 Å². The van der Waals surface area contributed by atoms with Crippen LogP contribution in [0.4, 0.5) is 13.2 Å². The van der Waals surface area contributed by atoms with Crippen molar-refractivity contribution in [1.82, 2.24) is 20.6 Å². The number of fused-ring (bicyclic) bond motifs is 1. The van der Waals surface area contributed by atoms with Gasteiger partial charge in [0.25, 0.3) is 0 Å². The Morgan fingerprint density at radius 3 is 2.50 bits per heavy atom. The Morgan fingerprint density at radius 2 is 1.79 bits per heavy atom. The van der Waals surface area contributed by atoms with E-state index in [4.69, 9.17) is 4.42 Å². The smallest absolute Gasteiger partial charge is 0.453 e. The number of nitrogens with one attached hydrogen (secondary N) is 1. The molecule has 0 amide bonds. The number of aromatic amines is 1. The molecule has 144 valence electrons. The van der Waals surface area contributed by atoms with Gasteiger partial charge in [-0.3, -0.25) is 0 Å². The first-order chi connectivity index (χ1) is 13.4. The summed E-state index contributed by atoms with van der Waals surface area (Å²) < 4.78 is 47.5. The van der Waals surface area contributed by atoms with Crippen molar-refractivity contribution in [2.24, 2.45) is 0 Å². The first kappa shape index (κ1) is 18.5. The molecule has 0 saturated heterocycles. The van der Waals surface area contributed by atoms with E-state index in [1.165, 1.54) is 6.07 Å². The zero-order valence-corrected chi connectivity index (χ0v) is 15.7. The fourth-order valence-corrected chi connectivity index (χ4v) is 3.13. The summed E-state index contributed by atoms with van der Waals surface area (Å²) in [5.74, 6) is 0.615. The van der Waals surface area contributed by atoms with E-state index in [2.05, 4.69) is 41.3 Å². The highest BCUT2D eigenvalue weighted by atomic mass is 79.9. The van der Waals surface area contributed by atoms with Crippen LogP contribution in [0.3, 0.4) is 0 Å². The van der Waals surface area contributed by atoms with Crippen LogP contribution >= 0.6 is 15.9 Å².